The second-order valence-corrected chi connectivity index (χ2v) is 11.1. The van der Waals surface area contributed by atoms with Crippen molar-refractivity contribution in [2.75, 3.05) is 46.9 Å². The highest BCUT2D eigenvalue weighted by Gasteiger charge is 2.30. The lowest BCUT2D eigenvalue weighted by Crippen LogP contribution is -2.47. The molecule has 6 nitrogen and oxygen atoms in total. The first-order valence-corrected chi connectivity index (χ1v) is 14.9. The van der Waals surface area contributed by atoms with Crippen LogP contribution in [0.25, 0.3) is 0 Å². The summed E-state index contributed by atoms with van der Waals surface area (Å²) in [5.74, 6) is 2.47. The quantitative estimate of drug-likeness (QED) is 0.300. The smallest absolute Gasteiger partial charge is 0.161 e. The first-order valence-electron chi connectivity index (χ1n) is 14.9. The number of ether oxygens (including phenoxy) is 3. The SMILES string of the molecule is COc1ccc(CNC2CCN(CCN3CCCCC3)C(c3ccc(OCc4ccccc4)cc3)C2)cc1OC. The summed E-state index contributed by atoms with van der Waals surface area (Å²) in [6.07, 6.45) is 6.32. The zero-order valence-corrected chi connectivity index (χ0v) is 24.2. The average Bonchev–Trinajstić information content (AvgIpc) is 3.03. The van der Waals surface area contributed by atoms with Gasteiger partial charge in [-0.05, 0) is 79.7 Å². The van der Waals surface area contributed by atoms with Gasteiger partial charge in [-0.2, -0.15) is 0 Å². The topological polar surface area (TPSA) is 46.2 Å². The molecule has 3 aromatic rings. The molecule has 0 radical (unpaired) electrons. The van der Waals surface area contributed by atoms with Crippen LogP contribution < -0.4 is 19.5 Å². The fraction of sp³-hybridized carbons (Fsp3) is 0.471. The normalized spacial score (nSPS) is 20.2. The minimum atomic E-state index is 0.393. The molecule has 2 aliphatic rings. The molecule has 1 N–H and O–H groups in total. The molecule has 214 valence electrons. The zero-order chi connectivity index (χ0) is 27.6. The van der Waals surface area contributed by atoms with Crippen molar-refractivity contribution in [2.24, 2.45) is 0 Å². The summed E-state index contributed by atoms with van der Waals surface area (Å²) in [6.45, 7) is 7.31. The van der Waals surface area contributed by atoms with Gasteiger partial charge in [-0.1, -0.05) is 55.0 Å². The van der Waals surface area contributed by atoms with E-state index in [4.69, 9.17) is 14.2 Å². The van der Waals surface area contributed by atoms with E-state index in [1.165, 1.54) is 55.6 Å². The standard InChI is InChI=1S/C34H45N3O3/c1-38-33-16-11-28(23-34(33)39-2)25-35-30-17-20-37(22-21-36-18-7-4-8-19-36)32(24-30)29-12-14-31(15-13-29)40-26-27-9-5-3-6-10-27/h3,5-6,9-16,23,30,32,35H,4,7-8,17-22,24-26H2,1-2H3. The molecular formula is C34H45N3O3. The minimum absolute atomic E-state index is 0.393. The van der Waals surface area contributed by atoms with Crippen molar-refractivity contribution in [3.05, 3.63) is 89.5 Å². The van der Waals surface area contributed by atoms with Gasteiger partial charge < -0.3 is 24.4 Å². The lowest BCUT2D eigenvalue weighted by molar-refractivity contribution is 0.102. The van der Waals surface area contributed by atoms with Crippen LogP contribution in [0.4, 0.5) is 0 Å². The molecule has 6 heteroatoms. The Bertz CT molecular complexity index is 1160. The Morgan fingerprint density at radius 2 is 1.55 bits per heavy atom. The van der Waals surface area contributed by atoms with Gasteiger partial charge in [0.1, 0.15) is 12.4 Å². The molecule has 2 saturated heterocycles. The van der Waals surface area contributed by atoms with Crippen LogP contribution >= 0.6 is 0 Å². The van der Waals surface area contributed by atoms with Crippen LogP contribution in [0.1, 0.15) is 54.8 Å². The first kappa shape index (κ1) is 28.5. The number of likely N-dealkylation sites (tertiary alicyclic amines) is 2. The van der Waals surface area contributed by atoms with E-state index in [1.807, 2.05) is 12.1 Å². The van der Waals surface area contributed by atoms with Gasteiger partial charge in [-0.3, -0.25) is 4.90 Å². The molecule has 5 rings (SSSR count). The Morgan fingerprint density at radius 1 is 0.775 bits per heavy atom. The van der Waals surface area contributed by atoms with E-state index in [2.05, 4.69) is 75.8 Å². The summed E-state index contributed by atoms with van der Waals surface area (Å²) < 4.78 is 17.0. The molecule has 0 aliphatic carbocycles. The number of hydrogen-bond donors (Lipinski definition) is 1. The van der Waals surface area contributed by atoms with E-state index < -0.39 is 0 Å². The van der Waals surface area contributed by atoms with Gasteiger partial charge >= 0.3 is 0 Å². The second kappa shape index (κ2) is 14.5. The van der Waals surface area contributed by atoms with Crippen LogP contribution in [0, 0.1) is 0 Å². The van der Waals surface area contributed by atoms with Gasteiger partial charge in [0.15, 0.2) is 11.5 Å². The summed E-state index contributed by atoms with van der Waals surface area (Å²) in [4.78, 5) is 5.37. The Morgan fingerprint density at radius 3 is 2.30 bits per heavy atom. The predicted molar refractivity (Wildman–Crippen MR) is 161 cm³/mol. The Balaban J connectivity index is 1.23. The molecule has 40 heavy (non-hydrogen) atoms. The van der Waals surface area contributed by atoms with E-state index in [0.29, 0.717) is 18.7 Å². The lowest BCUT2D eigenvalue weighted by atomic mass is 9.91. The molecule has 0 aromatic heterocycles. The minimum Gasteiger partial charge on any atom is -0.493 e. The summed E-state index contributed by atoms with van der Waals surface area (Å²) in [5, 5.41) is 3.84. The number of nitrogens with zero attached hydrogens (tertiary/aromatic N) is 2. The maximum Gasteiger partial charge on any atom is 0.161 e. The van der Waals surface area contributed by atoms with Crippen molar-refractivity contribution in [3.8, 4) is 17.2 Å². The Hall–Kier alpha value is -3.06. The van der Waals surface area contributed by atoms with Gasteiger partial charge in [-0.15, -0.1) is 0 Å². The summed E-state index contributed by atoms with van der Waals surface area (Å²) in [5.41, 5.74) is 3.77. The first-order chi connectivity index (χ1) is 19.7. The summed E-state index contributed by atoms with van der Waals surface area (Å²) >= 11 is 0. The third kappa shape index (κ3) is 7.78. The largest absolute Gasteiger partial charge is 0.493 e. The van der Waals surface area contributed by atoms with Crippen LogP contribution in [0.5, 0.6) is 17.2 Å². The van der Waals surface area contributed by atoms with E-state index in [-0.39, 0.29) is 0 Å². The number of hydrogen-bond acceptors (Lipinski definition) is 6. The third-order valence-corrected chi connectivity index (χ3v) is 8.42. The van der Waals surface area contributed by atoms with Gasteiger partial charge in [-0.25, -0.2) is 0 Å². The molecule has 3 aromatic carbocycles. The fourth-order valence-corrected chi connectivity index (χ4v) is 6.05. The highest BCUT2D eigenvalue weighted by molar-refractivity contribution is 5.42. The molecule has 0 bridgehead atoms. The molecule has 0 spiro atoms. The third-order valence-electron chi connectivity index (χ3n) is 8.42. The number of methoxy groups -OCH3 is 2. The summed E-state index contributed by atoms with van der Waals surface area (Å²) in [6, 6.07) is 26.2. The van der Waals surface area contributed by atoms with E-state index in [1.54, 1.807) is 14.2 Å². The number of rotatable bonds is 12. The second-order valence-electron chi connectivity index (χ2n) is 11.1. The van der Waals surface area contributed by atoms with Gasteiger partial charge in [0.25, 0.3) is 0 Å². The monoisotopic (exact) mass is 543 g/mol. The van der Waals surface area contributed by atoms with Crippen molar-refractivity contribution in [1.82, 2.24) is 15.1 Å². The van der Waals surface area contributed by atoms with Crippen LogP contribution in [0.15, 0.2) is 72.8 Å². The maximum atomic E-state index is 6.08. The lowest BCUT2D eigenvalue weighted by Gasteiger charge is -2.41. The number of benzene rings is 3. The van der Waals surface area contributed by atoms with Crippen molar-refractivity contribution >= 4 is 0 Å². The van der Waals surface area contributed by atoms with E-state index in [9.17, 15) is 0 Å². The molecule has 0 saturated carbocycles. The van der Waals surface area contributed by atoms with Crippen molar-refractivity contribution in [2.45, 2.75) is 57.3 Å². The van der Waals surface area contributed by atoms with Crippen molar-refractivity contribution in [1.29, 1.82) is 0 Å². The van der Waals surface area contributed by atoms with Crippen LogP contribution in [0.2, 0.25) is 0 Å². The van der Waals surface area contributed by atoms with E-state index in [0.717, 1.165) is 49.7 Å². The molecule has 0 amide bonds. The van der Waals surface area contributed by atoms with Crippen molar-refractivity contribution < 1.29 is 14.2 Å². The van der Waals surface area contributed by atoms with E-state index >= 15 is 0 Å². The molecule has 2 aliphatic heterocycles. The summed E-state index contributed by atoms with van der Waals surface area (Å²) in [7, 11) is 3.37. The molecule has 2 fully saturated rings. The van der Waals surface area contributed by atoms with Gasteiger partial charge in [0.05, 0.1) is 14.2 Å². The fourth-order valence-electron chi connectivity index (χ4n) is 6.05. The maximum absolute atomic E-state index is 6.08. The average molecular weight is 544 g/mol. The number of nitrogens with one attached hydrogen (secondary N) is 1. The molecule has 2 heterocycles. The zero-order valence-electron chi connectivity index (χ0n) is 24.2. The predicted octanol–water partition coefficient (Wildman–Crippen LogP) is 6.06. The Labute approximate surface area is 240 Å². The van der Waals surface area contributed by atoms with Gasteiger partial charge in [0, 0.05) is 38.3 Å². The Kier molecular flexibility index (Phi) is 10.3. The highest BCUT2D eigenvalue weighted by atomic mass is 16.5. The molecule has 2 unspecified atom stereocenters. The van der Waals surface area contributed by atoms with Crippen molar-refractivity contribution in [3.63, 3.8) is 0 Å². The highest BCUT2D eigenvalue weighted by Crippen LogP contribution is 2.33. The molecule has 2 atom stereocenters. The number of piperidine rings is 2. The molecular weight excluding hydrogens is 498 g/mol. The van der Waals surface area contributed by atoms with Crippen LogP contribution in [0.3, 0.4) is 0 Å². The van der Waals surface area contributed by atoms with Crippen LogP contribution in [-0.4, -0.2) is 62.8 Å². The van der Waals surface area contributed by atoms with Gasteiger partial charge in [0.2, 0.25) is 0 Å². The van der Waals surface area contributed by atoms with Crippen LogP contribution in [-0.2, 0) is 13.2 Å².